The Morgan fingerprint density at radius 3 is 2.87 bits per heavy atom. The van der Waals surface area contributed by atoms with Crippen LogP contribution < -0.4 is 10.5 Å². The smallest absolute Gasteiger partial charge is 0.255 e. The van der Waals surface area contributed by atoms with Gasteiger partial charge in [0.1, 0.15) is 11.6 Å². The number of pyridine rings is 1. The number of aromatic nitrogens is 3. The maximum absolute atomic E-state index is 12.7. The number of piperidine rings is 1. The monoisotopic (exact) mass is 405 g/mol. The minimum Gasteiger partial charge on any atom is -0.444 e. The molecule has 0 amide bonds. The van der Waals surface area contributed by atoms with Crippen LogP contribution >= 0.6 is 0 Å². The topological polar surface area (TPSA) is 78.3 Å². The molecule has 7 heteroatoms. The molecule has 0 atom stereocenters. The first kappa shape index (κ1) is 19.1. The number of hydrogen-bond donors (Lipinski definition) is 1. The lowest BCUT2D eigenvalue weighted by molar-refractivity contribution is 0.222. The zero-order valence-electron chi connectivity index (χ0n) is 17.3. The van der Waals surface area contributed by atoms with Gasteiger partial charge in [0.05, 0.1) is 17.8 Å². The molecule has 0 unspecified atom stereocenters. The number of nitrogens with one attached hydrogen (secondary N) is 1. The van der Waals surface area contributed by atoms with E-state index in [2.05, 4.69) is 38.8 Å². The molecule has 1 fully saturated rings. The van der Waals surface area contributed by atoms with Crippen molar-refractivity contribution in [1.82, 2.24) is 19.9 Å². The summed E-state index contributed by atoms with van der Waals surface area (Å²) in [6.45, 7) is 6.58. The zero-order chi connectivity index (χ0) is 20.5. The van der Waals surface area contributed by atoms with E-state index in [1.165, 1.54) is 12.8 Å². The van der Waals surface area contributed by atoms with Crippen LogP contribution in [0.25, 0.3) is 11.4 Å². The van der Waals surface area contributed by atoms with Crippen molar-refractivity contribution < 1.29 is 4.42 Å². The number of rotatable bonds is 4. The van der Waals surface area contributed by atoms with E-state index in [4.69, 9.17) is 9.40 Å². The molecule has 0 bridgehead atoms. The first-order valence-corrected chi connectivity index (χ1v) is 10.7. The first-order chi connectivity index (χ1) is 14.7. The van der Waals surface area contributed by atoms with Crippen molar-refractivity contribution in [2.75, 3.05) is 24.5 Å². The van der Waals surface area contributed by atoms with Gasteiger partial charge in [-0.25, -0.2) is 4.98 Å². The summed E-state index contributed by atoms with van der Waals surface area (Å²) in [6, 6.07) is 7.90. The lowest BCUT2D eigenvalue weighted by Gasteiger charge is -2.30. The number of fused-ring (bicyclic) bond motifs is 1. The molecule has 156 valence electrons. The van der Waals surface area contributed by atoms with Gasteiger partial charge in [0, 0.05) is 56.6 Å². The van der Waals surface area contributed by atoms with Crippen LogP contribution in [-0.2, 0) is 19.5 Å². The van der Waals surface area contributed by atoms with Crippen molar-refractivity contribution in [2.24, 2.45) is 5.92 Å². The van der Waals surface area contributed by atoms with Crippen molar-refractivity contribution in [3.63, 3.8) is 0 Å². The predicted molar refractivity (Wildman–Crippen MR) is 115 cm³/mol. The van der Waals surface area contributed by atoms with Crippen LogP contribution in [0, 0.1) is 5.92 Å². The average Bonchev–Trinajstić information content (AvgIpc) is 3.23. The molecule has 0 aromatic carbocycles. The maximum atomic E-state index is 12.7. The quantitative estimate of drug-likeness (QED) is 0.718. The van der Waals surface area contributed by atoms with Crippen LogP contribution in [0.4, 0.5) is 5.88 Å². The van der Waals surface area contributed by atoms with Gasteiger partial charge in [-0.15, -0.1) is 0 Å². The highest BCUT2D eigenvalue weighted by Gasteiger charge is 2.23. The molecular formula is C23H27N5O2. The summed E-state index contributed by atoms with van der Waals surface area (Å²) in [5.41, 5.74) is 2.41. The number of anilines is 1. The Bertz CT molecular complexity index is 1070. The zero-order valence-corrected chi connectivity index (χ0v) is 17.3. The fourth-order valence-corrected chi connectivity index (χ4v) is 4.33. The second-order valence-corrected chi connectivity index (χ2v) is 8.45. The molecule has 0 saturated carbocycles. The van der Waals surface area contributed by atoms with Crippen molar-refractivity contribution >= 4 is 5.88 Å². The number of aromatic amines is 1. The van der Waals surface area contributed by atoms with Gasteiger partial charge in [-0.05, 0) is 37.0 Å². The highest BCUT2D eigenvalue weighted by Crippen LogP contribution is 2.26. The maximum Gasteiger partial charge on any atom is 0.255 e. The molecule has 5 heterocycles. The molecule has 3 aromatic rings. The summed E-state index contributed by atoms with van der Waals surface area (Å²) in [5, 5.41) is 0. The molecule has 3 aromatic heterocycles. The fraction of sp³-hybridized carbons (Fsp3) is 0.435. The lowest BCUT2D eigenvalue weighted by atomic mass is 9.99. The summed E-state index contributed by atoms with van der Waals surface area (Å²) < 4.78 is 6.13. The Hall–Kier alpha value is -2.93. The van der Waals surface area contributed by atoms with E-state index in [1.54, 1.807) is 12.4 Å². The molecule has 1 N–H and O–H groups in total. The van der Waals surface area contributed by atoms with E-state index in [0.717, 1.165) is 60.4 Å². The van der Waals surface area contributed by atoms with Crippen LogP contribution in [0.2, 0.25) is 0 Å². The van der Waals surface area contributed by atoms with Gasteiger partial charge in [0.25, 0.3) is 5.56 Å². The van der Waals surface area contributed by atoms with Gasteiger partial charge in [-0.1, -0.05) is 6.92 Å². The third-order valence-electron chi connectivity index (χ3n) is 6.20. The van der Waals surface area contributed by atoms with Crippen LogP contribution in [0.15, 0.2) is 45.9 Å². The predicted octanol–water partition coefficient (Wildman–Crippen LogP) is 3.22. The van der Waals surface area contributed by atoms with Crippen LogP contribution in [0.1, 0.15) is 36.8 Å². The van der Waals surface area contributed by atoms with E-state index in [9.17, 15) is 4.79 Å². The number of nitrogens with zero attached hydrogens (tertiary/aromatic N) is 4. The first-order valence-electron chi connectivity index (χ1n) is 10.7. The van der Waals surface area contributed by atoms with E-state index in [0.29, 0.717) is 18.9 Å². The average molecular weight is 406 g/mol. The third kappa shape index (κ3) is 3.89. The van der Waals surface area contributed by atoms with Crippen LogP contribution in [-0.4, -0.2) is 39.5 Å². The van der Waals surface area contributed by atoms with Crippen molar-refractivity contribution in [1.29, 1.82) is 0 Å². The van der Waals surface area contributed by atoms with Crippen molar-refractivity contribution in [3.05, 3.63) is 64.0 Å². The molecule has 30 heavy (non-hydrogen) atoms. The van der Waals surface area contributed by atoms with Gasteiger partial charge in [-0.3, -0.25) is 14.7 Å². The SMILES string of the molecule is CC1CCN(c2ccc(CN3CCc4nc(-c5cccnc5)[nH]c(=O)c4C3)o2)CC1. The molecule has 5 rings (SSSR count). The molecule has 1 saturated heterocycles. The second kappa shape index (κ2) is 8.07. The Labute approximate surface area is 175 Å². The Morgan fingerprint density at radius 2 is 2.07 bits per heavy atom. The molecule has 2 aliphatic rings. The highest BCUT2D eigenvalue weighted by molar-refractivity contribution is 5.53. The second-order valence-electron chi connectivity index (χ2n) is 8.45. The minimum atomic E-state index is -0.0638. The normalized spacial score (nSPS) is 17.8. The van der Waals surface area contributed by atoms with Crippen molar-refractivity contribution in [2.45, 2.75) is 39.3 Å². The van der Waals surface area contributed by atoms with E-state index >= 15 is 0 Å². The number of hydrogen-bond acceptors (Lipinski definition) is 6. The lowest BCUT2D eigenvalue weighted by Crippen LogP contribution is -2.35. The summed E-state index contributed by atoms with van der Waals surface area (Å²) in [4.78, 5) is 29.1. The Morgan fingerprint density at radius 1 is 1.20 bits per heavy atom. The Kier molecular flexibility index (Phi) is 5.12. The summed E-state index contributed by atoms with van der Waals surface area (Å²) in [7, 11) is 0. The molecule has 0 radical (unpaired) electrons. The summed E-state index contributed by atoms with van der Waals surface area (Å²) in [6.07, 6.45) is 6.62. The van der Waals surface area contributed by atoms with Gasteiger partial charge < -0.3 is 14.3 Å². The van der Waals surface area contributed by atoms with Crippen LogP contribution in [0.5, 0.6) is 0 Å². The molecule has 0 spiro atoms. The number of H-pyrrole nitrogens is 1. The minimum absolute atomic E-state index is 0.0638. The summed E-state index contributed by atoms with van der Waals surface area (Å²) in [5.74, 6) is 3.31. The van der Waals surface area contributed by atoms with Gasteiger partial charge in [-0.2, -0.15) is 0 Å². The Balaban J connectivity index is 1.28. The third-order valence-corrected chi connectivity index (χ3v) is 6.20. The molecule has 0 aliphatic carbocycles. The molecule has 7 nitrogen and oxygen atoms in total. The summed E-state index contributed by atoms with van der Waals surface area (Å²) >= 11 is 0. The van der Waals surface area contributed by atoms with E-state index in [1.807, 2.05) is 12.1 Å². The van der Waals surface area contributed by atoms with E-state index < -0.39 is 0 Å². The standard InChI is InChI=1S/C23H27N5O2/c1-16-6-11-28(12-7-16)21-5-4-18(30-21)14-27-10-8-20-19(15-27)23(29)26-22(25-20)17-3-2-9-24-13-17/h2-5,9,13,16H,6-8,10-12,14-15H2,1H3,(H,25,26,29). The van der Waals surface area contributed by atoms with Crippen molar-refractivity contribution in [3.8, 4) is 11.4 Å². The fourth-order valence-electron chi connectivity index (χ4n) is 4.33. The van der Waals surface area contributed by atoms with Crippen LogP contribution in [0.3, 0.4) is 0 Å². The molecular weight excluding hydrogens is 378 g/mol. The van der Waals surface area contributed by atoms with E-state index in [-0.39, 0.29) is 5.56 Å². The molecule has 2 aliphatic heterocycles. The van der Waals surface area contributed by atoms with Gasteiger partial charge >= 0.3 is 0 Å². The largest absolute Gasteiger partial charge is 0.444 e. The van der Waals surface area contributed by atoms with Gasteiger partial charge in [0.15, 0.2) is 5.88 Å². The van der Waals surface area contributed by atoms with Gasteiger partial charge in [0.2, 0.25) is 0 Å². The number of furan rings is 1. The highest BCUT2D eigenvalue weighted by atomic mass is 16.4.